The third kappa shape index (κ3) is 12.3. The van der Waals surface area contributed by atoms with Crippen molar-refractivity contribution in [1.82, 2.24) is 0 Å². The molecule has 0 heterocycles. The molecule has 0 aromatic heterocycles. The molecule has 0 saturated heterocycles. The van der Waals surface area contributed by atoms with Crippen LogP contribution in [0.5, 0.6) is 0 Å². The zero-order valence-electron chi connectivity index (χ0n) is 16.2. The first-order valence-electron chi connectivity index (χ1n) is 7.66. The van der Waals surface area contributed by atoms with Crippen LogP contribution in [0.15, 0.2) is 0 Å². The number of hydrogen-bond acceptors (Lipinski definition) is 4. The summed E-state index contributed by atoms with van der Waals surface area (Å²) >= 11 is 0. The molecule has 4 nitrogen and oxygen atoms in total. The maximum Gasteiger partial charge on any atom is 0.315 e. The zero-order chi connectivity index (χ0) is 16.9. The summed E-state index contributed by atoms with van der Waals surface area (Å²) in [5.41, 5.74) is 0. The van der Waals surface area contributed by atoms with Gasteiger partial charge in [0.05, 0.1) is 0 Å². The van der Waals surface area contributed by atoms with Gasteiger partial charge in [-0.15, -0.1) is 0 Å². The molecule has 0 amide bonds. The molecular weight excluding hydrogens is 599 g/mol. The molecule has 0 aromatic rings. The van der Waals surface area contributed by atoms with Gasteiger partial charge in [0.15, 0.2) is 16.6 Å². The maximum atomic E-state index is 6.55. The van der Waals surface area contributed by atoms with E-state index in [4.69, 9.17) is 17.1 Å². The van der Waals surface area contributed by atoms with Gasteiger partial charge in [0, 0.05) is 6.61 Å². The van der Waals surface area contributed by atoms with Gasteiger partial charge in [0.2, 0.25) is 0 Å². The molecule has 0 saturated carbocycles. The van der Waals surface area contributed by atoms with Crippen molar-refractivity contribution in [3.8, 4) is 0 Å². The molecular formula is C13H35O4RfSi4-. The summed E-state index contributed by atoms with van der Waals surface area (Å²) in [5, 5.41) is 0. The molecule has 9 heteroatoms. The van der Waals surface area contributed by atoms with Crippen molar-refractivity contribution in [3.05, 3.63) is 7.11 Å². The van der Waals surface area contributed by atoms with Gasteiger partial charge < -0.3 is 17.1 Å². The van der Waals surface area contributed by atoms with Crippen molar-refractivity contribution >= 4 is 33.8 Å². The van der Waals surface area contributed by atoms with Gasteiger partial charge in [0.1, 0.15) is 0 Å². The largest absolute Gasteiger partial charge is 0.555 e. The van der Waals surface area contributed by atoms with Gasteiger partial charge >= 0.3 is 17.1 Å². The summed E-state index contributed by atoms with van der Waals surface area (Å²) in [5.74, 6) is 0. The van der Waals surface area contributed by atoms with Gasteiger partial charge in [-0.1, -0.05) is 0 Å². The molecule has 0 radical (unpaired) electrons. The Morgan fingerprint density at radius 2 is 1.18 bits per heavy atom. The fraction of sp³-hybridized carbons (Fsp3) is 0.923. The number of rotatable bonds is 10. The second-order valence-electron chi connectivity index (χ2n) is 8.08. The second-order valence-corrected chi connectivity index (χ2v) is 24.5. The first-order chi connectivity index (χ1) is 9.18. The van der Waals surface area contributed by atoms with E-state index in [0.29, 0.717) is 6.61 Å². The van der Waals surface area contributed by atoms with Crippen LogP contribution in [0.4, 0.5) is 0 Å². The minimum absolute atomic E-state index is 0. The standard InChI is InChI=1S/C13H35O4Si4.Rf/c1-14-12-11-13-21(10,16-19(5,6)7)17-20(8,9)15-18(2,3)4;/h1,11-13H2,2-10H3;/q-1;. The van der Waals surface area contributed by atoms with E-state index in [-0.39, 0.29) is 0 Å². The summed E-state index contributed by atoms with van der Waals surface area (Å²) < 4.78 is 24.3. The van der Waals surface area contributed by atoms with Gasteiger partial charge in [-0.05, 0) is 71.4 Å². The predicted molar refractivity (Wildman–Crippen MR) is 99.8 cm³/mol. The molecule has 130 valence electrons. The quantitative estimate of drug-likeness (QED) is 0.199. The van der Waals surface area contributed by atoms with Crippen LogP contribution in [0.25, 0.3) is 0 Å². The molecule has 0 aliphatic carbocycles. The van der Waals surface area contributed by atoms with Crippen LogP contribution in [0.3, 0.4) is 0 Å². The fourth-order valence-electron chi connectivity index (χ4n) is 2.54. The zero-order valence-corrected chi connectivity index (χ0v) is 26.6. The first-order valence-corrected chi connectivity index (χ1v) is 19.8. The molecule has 0 bridgehead atoms. The SMILES string of the molecule is [CH2-]OCCC[Si](C)(O[Si](C)(C)C)O[Si](C)(C)O[Si](C)(C)C.[Rf]. The van der Waals surface area contributed by atoms with Crippen molar-refractivity contribution in [1.29, 1.82) is 0 Å². The summed E-state index contributed by atoms with van der Waals surface area (Å²) in [6.45, 7) is 20.4. The number of ether oxygens (including phenoxy) is 1. The Morgan fingerprint density at radius 3 is 1.55 bits per heavy atom. The average molecular weight is 635 g/mol. The molecule has 1 atom stereocenters. The predicted octanol–water partition coefficient (Wildman–Crippen LogP) is 4.68. The molecule has 0 aliphatic rings. The van der Waals surface area contributed by atoms with E-state index in [1.807, 2.05) is 0 Å². The third-order valence-corrected chi connectivity index (χ3v) is 16.0. The Kier molecular flexibility index (Phi) is 9.29. The van der Waals surface area contributed by atoms with Gasteiger partial charge in [-0.25, -0.2) is 7.11 Å². The smallest absolute Gasteiger partial charge is 0.315 e. The maximum absolute atomic E-state index is 6.55. The Morgan fingerprint density at radius 1 is 0.727 bits per heavy atom. The monoisotopic (exact) mass is 634 g/mol. The van der Waals surface area contributed by atoms with E-state index in [1.165, 1.54) is 0 Å². The summed E-state index contributed by atoms with van der Waals surface area (Å²) in [6, 6.07) is 0.929. The Balaban J connectivity index is 0. The van der Waals surface area contributed by atoms with Crippen molar-refractivity contribution in [2.24, 2.45) is 0 Å². The topological polar surface area (TPSA) is 36.9 Å². The Bertz CT molecular complexity index is 318. The molecule has 0 spiro atoms. The molecule has 22 heavy (non-hydrogen) atoms. The van der Waals surface area contributed by atoms with E-state index in [2.05, 4.69) is 66.0 Å². The van der Waals surface area contributed by atoms with E-state index < -0.39 is 33.8 Å². The van der Waals surface area contributed by atoms with Gasteiger partial charge in [0.25, 0.3) is 0 Å². The minimum atomic E-state index is -2.24. The third-order valence-electron chi connectivity index (χ3n) is 2.46. The van der Waals surface area contributed by atoms with Gasteiger partial charge in [-0.3, -0.25) is 0 Å². The fourth-order valence-corrected chi connectivity index (χ4v) is 20.5. The van der Waals surface area contributed by atoms with Crippen molar-refractivity contribution in [2.45, 2.75) is 71.4 Å². The second kappa shape index (κ2) is 8.53. The normalized spacial score (nSPS) is 16.1. The Labute approximate surface area is 136 Å². The molecule has 0 fully saturated rings. The summed E-state index contributed by atoms with van der Waals surface area (Å²) in [7, 11) is -4.24. The average Bonchev–Trinajstić information content (AvgIpc) is 2.08. The van der Waals surface area contributed by atoms with Crippen LogP contribution in [0.2, 0.25) is 65.0 Å². The van der Waals surface area contributed by atoms with E-state index in [0.717, 1.165) is 12.5 Å². The molecule has 1 unspecified atom stereocenters. The van der Waals surface area contributed by atoms with Crippen LogP contribution in [-0.2, 0) is 17.1 Å². The molecule has 0 aliphatic heterocycles. The van der Waals surface area contributed by atoms with Crippen LogP contribution in [0.1, 0.15) is 6.42 Å². The van der Waals surface area contributed by atoms with Crippen molar-refractivity contribution in [2.75, 3.05) is 6.61 Å². The molecule has 0 aromatic carbocycles. The van der Waals surface area contributed by atoms with E-state index >= 15 is 0 Å². The van der Waals surface area contributed by atoms with E-state index in [9.17, 15) is 0 Å². The van der Waals surface area contributed by atoms with Gasteiger partial charge in [-0.2, -0.15) is 0 Å². The van der Waals surface area contributed by atoms with Crippen LogP contribution < -0.4 is 0 Å². The van der Waals surface area contributed by atoms with Crippen LogP contribution in [0, 0.1) is 7.11 Å². The minimum Gasteiger partial charge on any atom is -0.555 e. The van der Waals surface area contributed by atoms with Crippen LogP contribution >= 0.6 is 0 Å². The van der Waals surface area contributed by atoms with Crippen LogP contribution in [-0.4, -0.2) is 40.4 Å². The first kappa shape index (κ1) is 24.0. The van der Waals surface area contributed by atoms with E-state index in [1.54, 1.807) is 0 Å². The Hall–Kier alpha value is -0.292. The number of hydrogen-bond donors (Lipinski definition) is 0. The summed E-state index contributed by atoms with van der Waals surface area (Å²) in [4.78, 5) is 0. The molecule has 0 N–H and O–H groups in total. The summed E-state index contributed by atoms with van der Waals surface area (Å²) in [6.07, 6.45) is 0.925. The molecule has 0 rings (SSSR count). The van der Waals surface area contributed by atoms with Crippen molar-refractivity contribution in [3.63, 3.8) is 0 Å². The van der Waals surface area contributed by atoms with Crippen molar-refractivity contribution < 1.29 is 17.1 Å².